The molecule has 2 N–H and O–H groups in total. The second-order valence-electron chi connectivity index (χ2n) is 5.93. The molecule has 0 unspecified atom stereocenters. The van der Waals surface area contributed by atoms with Gasteiger partial charge in [0.05, 0.1) is 22.3 Å². The first-order valence-electron chi connectivity index (χ1n) is 7.77. The Morgan fingerprint density at radius 3 is 2.72 bits per heavy atom. The molecule has 0 aliphatic carbocycles. The molecule has 25 heavy (non-hydrogen) atoms. The van der Waals surface area contributed by atoms with E-state index < -0.39 is 10.0 Å². The summed E-state index contributed by atoms with van der Waals surface area (Å²) in [4.78, 5) is 11.7. The first-order valence-corrected chi connectivity index (χ1v) is 9.25. The summed E-state index contributed by atoms with van der Waals surface area (Å²) in [5.74, 6) is 0.319. The van der Waals surface area contributed by atoms with Crippen LogP contribution in [0, 0.1) is 13.8 Å². The van der Waals surface area contributed by atoms with Gasteiger partial charge in [0.1, 0.15) is 5.82 Å². The van der Waals surface area contributed by atoms with E-state index >= 15 is 0 Å². The number of pyridine rings is 1. The summed E-state index contributed by atoms with van der Waals surface area (Å²) in [5.41, 5.74) is 2.74. The van der Waals surface area contributed by atoms with E-state index in [2.05, 4.69) is 19.7 Å². The van der Waals surface area contributed by atoms with Crippen molar-refractivity contribution < 1.29 is 8.42 Å². The lowest BCUT2D eigenvalue weighted by Crippen LogP contribution is -2.17. The number of rotatable bonds is 3. The van der Waals surface area contributed by atoms with Gasteiger partial charge in [-0.05, 0) is 42.5 Å². The minimum atomic E-state index is -3.80. The standard InChI is InChI=1S/C18H16N4O2S/c1-11-9-15-16(21-10-20-15)12(2)17(11)25(23,24)22-18-14-6-4-3-5-13(14)7-8-19-18/h3-10H,1-2H3,(H,19,22)(H,20,21). The maximum Gasteiger partial charge on any atom is 0.263 e. The molecule has 4 rings (SSSR count). The predicted molar refractivity (Wildman–Crippen MR) is 98.1 cm³/mol. The summed E-state index contributed by atoms with van der Waals surface area (Å²) < 4.78 is 28.8. The van der Waals surface area contributed by atoms with E-state index in [1.54, 1.807) is 32.4 Å². The van der Waals surface area contributed by atoms with E-state index in [-0.39, 0.29) is 4.90 Å². The molecule has 0 fully saturated rings. The van der Waals surface area contributed by atoms with Gasteiger partial charge in [-0.25, -0.2) is 18.4 Å². The van der Waals surface area contributed by atoms with Gasteiger partial charge in [-0.1, -0.05) is 24.3 Å². The van der Waals surface area contributed by atoms with E-state index in [0.717, 1.165) is 16.3 Å². The van der Waals surface area contributed by atoms with Gasteiger partial charge in [0.2, 0.25) is 0 Å². The first-order chi connectivity index (χ1) is 12.0. The van der Waals surface area contributed by atoms with Crippen LogP contribution in [0.25, 0.3) is 21.8 Å². The molecule has 7 heteroatoms. The molecule has 126 valence electrons. The predicted octanol–water partition coefficient (Wildman–Crippen LogP) is 3.53. The molecule has 2 aromatic carbocycles. The summed E-state index contributed by atoms with van der Waals surface area (Å²) >= 11 is 0. The highest BCUT2D eigenvalue weighted by Crippen LogP contribution is 2.29. The zero-order valence-electron chi connectivity index (χ0n) is 13.7. The zero-order valence-corrected chi connectivity index (χ0v) is 14.6. The quantitative estimate of drug-likeness (QED) is 0.590. The fourth-order valence-corrected chi connectivity index (χ4v) is 4.69. The second-order valence-corrected chi connectivity index (χ2v) is 7.55. The number of benzene rings is 2. The summed E-state index contributed by atoms with van der Waals surface area (Å²) in [6.45, 7) is 3.54. The Hall–Kier alpha value is -2.93. The van der Waals surface area contributed by atoms with Crippen LogP contribution in [0.5, 0.6) is 0 Å². The van der Waals surface area contributed by atoms with E-state index in [0.29, 0.717) is 22.5 Å². The Labute approximate surface area is 145 Å². The van der Waals surface area contributed by atoms with Gasteiger partial charge in [0.25, 0.3) is 10.0 Å². The monoisotopic (exact) mass is 352 g/mol. The van der Waals surface area contributed by atoms with Gasteiger partial charge in [0.15, 0.2) is 0 Å². The van der Waals surface area contributed by atoms with Crippen LogP contribution < -0.4 is 4.72 Å². The molecule has 0 spiro atoms. The molecule has 0 saturated heterocycles. The Bertz CT molecular complexity index is 1210. The Morgan fingerprint density at radius 2 is 1.88 bits per heavy atom. The van der Waals surface area contributed by atoms with Crippen molar-refractivity contribution in [2.45, 2.75) is 18.7 Å². The van der Waals surface area contributed by atoms with Crippen LogP contribution in [0.15, 0.2) is 53.8 Å². The van der Waals surface area contributed by atoms with Gasteiger partial charge < -0.3 is 4.98 Å². The lowest BCUT2D eigenvalue weighted by Gasteiger charge is -2.14. The number of H-pyrrole nitrogens is 1. The smallest absolute Gasteiger partial charge is 0.263 e. The van der Waals surface area contributed by atoms with E-state index in [4.69, 9.17) is 0 Å². The largest absolute Gasteiger partial charge is 0.345 e. The van der Waals surface area contributed by atoms with E-state index in [1.807, 2.05) is 30.3 Å². The highest BCUT2D eigenvalue weighted by Gasteiger charge is 2.23. The Balaban J connectivity index is 1.88. The van der Waals surface area contributed by atoms with Crippen LogP contribution in [0.1, 0.15) is 11.1 Å². The van der Waals surface area contributed by atoms with Crippen molar-refractivity contribution in [3.05, 3.63) is 60.0 Å². The Morgan fingerprint density at radius 1 is 1.08 bits per heavy atom. The van der Waals surface area contributed by atoms with Gasteiger partial charge in [-0.2, -0.15) is 0 Å². The highest BCUT2D eigenvalue weighted by molar-refractivity contribution is 7.92. The molecule has 2 heterocycles. The lowest BCUT2D eigenvalue weighted by atomic mass is 10.1. The van der Waals surface area contributed by atoms with Crippen molar-refractivity contribution in [3.8, 4) is 0 Å². The number of sulfonamides is 1. The van der Waals surface area contributed by atoms with Gasteiger partial charge in [0, 0.05) is 11.6 Å². The fourth-order valence-electron chi connectivity index (χ4n) is 3.19. The maximum absolute atomic E-state index is 13.1. The number of aryl methyl sites for hydroxylation is 2. The van der Waals surface area contributed by atoms with Crippen molar-refractivity contribution in [2.24, 2.45) is 0 Å². The van der Waals surface area contributed by atoms with Crippen molar-refractivity contribution in [3.63, 3.8) is 0 Å². The molecule has 0 amide bonds. The molecule has 0 bridgehead atoms. The molecule has 0 atom stereocenters. The summed E-state index contributed by atoms with van der Waals surface area (Å²) in [6.07, 6.45) is 3.16. The van der Waals surface area contributed by atoms with E-state index in [9.17, 15) is 8.42 Å². The SMILES string of the molecule is Cc1cc2[nH]cnc2c(C)c1S(=O)(=O)Nc1nccc2ccccc12. The fraction of sp³-hybridized carbons (Fsp3) is 0.111. The number of hydrogen-bond acceptors (Lipinski definition) is 4. The van der Waals surface area contributed by atoms with Crippen molar-refractivity contribution in [1.82, 2.24) is 15.0 Å². The second kappa shape index (κ2) is 5.56. The van der Waals surface area contributed by atoms with Crippen molar-refractivity contribution in [2.75, 3.05) is 4.72 Å². The Kier molecular flexibility index (Phi) is 3.47. The van der Waals surface area contributed by atoms with Crippen LogP contribution in [-0.4, -0.2) is 23.4 Å². The summed E-state index contributed by atoms with van der Waals surface area (Å²) in [7, 11) is -3.80. The number of nitrogens with zero attached hydrogens (tertiary/aromatic N) is 2. The number of aromatic amines is 1. The van der Waals surface area contributed by atoms with Crippen LogP contribution >= 0.6 is 0 Å². The molecule has 0 aliphatic rings. The summed E-state index contributed by atoms with van der Waals surface area (Å²) in [6, 6.07) is 11.2. The number of hydrogen-bond donors (Lipinski definition) is 2. The van der Waals surface area contributed by atoms with Crippen LogP contribution in [-0.2, 0) is 10.0 Å². The van der Waals surface area contributed by atoms with Crippen LogP contribution in [0.4, 0.5) is 5.82 Å². The lowest BCUT2D eigenvalue weighted by molar-refractivity contribution is 0.600. The summed E-state index contributed by atoms with van der Waals surface area (Å²) in [5, 5.41) is 1.68. The minimum Gasteiger partial charge on any atom is -0.345 e. The number of anilines is 1. The molecule has 0 radical (unpaired) electrons. The van der Waals surface area contributed by atoms with Crippen LogP contribution in [0.3, 0.4) is 0 Å². The average Bonchev–Trinajstić information content (AvgIpc) is 3.03. The molecule has 0 saturated carbocycles. The topological polar surface area (TPSA) is 87.7 Å². The van der Waals surface area contributed by atoms with E-state index in [1.165, 1.54) is 0 Å². The van der Waals surface area contributed by atoms with Crippen LogP contribution in [0.2, 0.25) is 0 Å². The number of nitrogens with one attached hydrogen (secondary N) is 2. The first kappa shape index (κ1) is 15.6. The number of fused-ring (bicyclic) bond motifs is 2. The maximum atomic E-state index is 13.1. The van der Waals surface area contributed by atoms with Gasteiger partial charge >= 0.3 is 0 Å². The molecule has 0 aliphatic heterocycles. The van der Waals surface area contributed by atoms with Gasteiger partial charge in [-0.3, -0.25) is 4.72 Å². The number of aromatic nitrogens is 3. The third kappa shape index (κ3) is 2.53. The van der Waals surface area contributed by atoms with Crippen molar-refractivity contribution >= 4 is 37.6 Å². The number of imidazole rings is 1. The minimum absolute atomic E-state index is 0.238. The van der Waals surface area contributed by atoms with Crippen molar-refractivity contribution in [1.29, 1.82) is 0 Å². The third-order valence-electron chi connectivity index (χ3n) is 4.26. The molecule has 2 aromatic heterocycles. The van der Waals surface area contributed by atoms with Gasteiger partial charge in [-0.15, -0.1) is 0 Å². The molecule has 4 aromatic rings. The molecule has 6 nitrogen and oxygen atoms in total. The molecular weight excluding hydrogens is 336 g/mol. The highest BCUT2D eigenvalue weighted by atomic mass is 32.2. The third-order valence-corrected chi connectivity index (χ3v) is 5.88. The zero-order chi connectivity index (χ0) is 17.6. The molecular formula is C18H16N4O2S. The normalized spacial score (nSPS) is 11.9. The average molecular weight is 352 g/mol.